The van der Waals surface area contributed by atoms with Gasteiger partial charge in [-0.05, 0) is 31.2 Å². The van der Waals surface area contributed by atoms with Crippen LogP contribution in [0.4, 0.5) is 0 Å². The minimum absolute atomic E-state index is 0.203. The second-order valence-corrected chi connectivity index (χ2v) is 3.95. The van der Waals surface area contributed by atoms with Crippen LogP contribution in [-0.2, 0) is 11.2 Å². The number of carbonyl (C=O) groups is 1. The van der Waals surface area contributed by atoms with Crippen LogP contribution in [0.1, 0.15) is 12.0 Å². The standard InChI is InChI=1S/C12H16ClNO2/c1-14-8-10(15)5-3-9-4-6-12(16-2)11(13)7-9/h4,6-7,14H,3,5,8H2,1-2H3. The zero-order valence-electron chi connectivity index (χ0n) is 9.55. The van der Waals surface area contributed by atoms with E-state index in [4.69, 9.17) is 16.3 Å². The number of nitrogens with one attached hydrogen (secondary N) is 1. The SMILES string of the molecule is CNCC(=O)CCc1ccc(OC)c(Cl)c1. The molecule has 0 aliphatic rings. The Morgan fingerprint density at radius 2 is 2.25 bits per heavy atom. The average molecular weight is 242 g/mol. The number of likely N-dealkylation sites (N-methyl/N-ethyl adjacent to an activating group) is 1. The van der Waals surface area contributed by atoms with Gasteiger partial charge in [0.2, 0.25) is 0 Å². The molecule has 4 heteroatoms. The van der Waals surface area contributed by atoms with Crippen molar-refractivity contribution in [1.29, 1.82) is 0 Å². The molecule has 0 fully saturated rings. The Kier molecular flexibility index (Phi) is 5.29. The van der Waals surface area contributed by atoms with E-state index >= 15 is 0 Å². The molecule has 16 heavy (non-hydrogen) atoms. The van der Waals surface area contributed by atoms with E-state index in [0.29, 0.717) is 30.2 Å². The largest absolute Gasteiger partial charge is 0.495 e. The highest BCUT2D eigenvalue weighted by atomic mass is 35.5. The number of ether oxygens (including phenoxy) is 1. The van der Waals surface area contributed by atoms with Crippen LogP contribution in [0, 0.1) is 0 Å². The van der Waals surface area contributed by atoms with Gasteiger partial charge in [-0.1, -0.05) is 17.7 Å². The number of hydrogen-bond donors (Lipinski definition) is 1. The Balaban J connectivity index is 2.55. The van der Waals surface area contributed by atoms with Crippen LogP contribution in [0.5, 0.6) is 5.75 Å². The lowest BCUT2D eigenvalue weighted by atomic mass is 10.1. The normalized spacial score (nSPS) is 10.2. The summed E-state index contributed by atoms with van der Waals surface area (Å²) in [6.45, 7) is 0.421. The lowest BCUT2D eigenvalue weighted by Gasteiger charge is -2.05. The third-order valence-electron chi connectivity index (χ3n) is 2.28. The Morgan fingerprint density at radius 1 is 1.50 bits per heavy atom. The van der Waals surface area contributed by atoms with Crippen molar-refractivity contribution in [3.63, 3.8) is 0 Å². The van der Waals surface area contributed by atoms with Gasteiger partial charge in [0, 0.05) is 6.42 Å². The van der Waals surface area contributed by atoms with Gasteiger partial charge in [-0.25, -0.2) is 0 Å². The van der Waals surface area contributed by atoms with Crippen molar-refractivity contribution < 1.29 is 9.53 Å². The maximum Gasteiger partial charge on any atom is 0.146 e. The molecule has 1 aromatic rings. The molecular formula is C12H16ClNO2. The Labute approximate surface area is 101 Å². The summed E-state index contributed by atoms with van der Waals surface area (Å²) >= 11 is 5.98. The van der Waals surface area contributed by atoms with Gasteiger partial charge in [-0.3, -0.25) is 4.79 Å². The molecule has 88 valence electrons. The fourth-order valence-corrected chi connectivity index (χ4v) is 1.71. The predicted octanol–water partition coefficient (Wildman–Crippen LogP) is 2.07. The fourth-order valence-electron chi connectivity index (χ4n) is 1.43. The second-order valence-electron chi connectivity index (χ2n) is 3.54. The minimum Gasteiger partial charge on any atom is -0.495 e. The Hall–Kier alpha value is -1.06. The van der Waals surface area contributed by atoms with Crippen LogP contribution >= 0.6 is 11.6 Å². The zero-order chi connectivity index (χ0) is 12.0. The molecule has 0 aliphatic carbocycles. The summed E-state index contributed by atoms with van der Waals surface area (Å²) in [6.07, 6.45) is 1.24. The summed E-state index contributed by atoms with van der Waals surface area (Å²) < 4.78 is 5.06. The van der Waals surface area contributed by atoms with Crippen LogP contribution in [0.2, 0.25) is 5.02 Å². The van der Waals surface area contributed by atoms with Crippen molar-refractivity contribution >= 4 is 17.4 Å². The topological polar surface area (TPSA) is 38.3 Å². The third-order valence-corrected chi connectivity index (χ3v) is 2.58. The summed E-state index contributed by atoms with van der Waals surface area (Å²) in [4.78, 5) is 11.3. The lowest BCUT2D eigenvalue weighted by molar-refractivity contribution is -0.118. The highest BCUT2D eigenvalue weighted by Gasteiger charge is 2.04. The van der Waals surface area contributed by atoms with Crippen LogP contribution in [0.25, 0.3) is 0 Å². The van der Waals surface area contributed by atoms with Crippen molar-refractivity contribution in [2.75, 3.05) is 20.7 Å². The Morgan fingerprint density at radius 3 is 2.81 bits per heavy atom. The molecule has 0 radical (unpaired) electrons. The van der Waals surface area contributed by atoms with Crippen molar-refractivity contribution in [2.24, 2.45) is 0 Å². The number of benzene rings is 1. The van der Waals surface area contributed by atoms with E-state index in [0.717, 1.165) is 5.56 Å². The number of ketones is 1. The van der Waals surface area contributed by atoms with Crippen molar-refractivity contribution in [3.8, 4) is 5.75 Å². The van der Waals surface area contributed by atoms with Gasteiger partial charge in [0.1, 0.15) is 11.5 Å². The van der Waals surface area contributed by atoms with Crippen molar-refractivity contribution in [3.05, 3.63) is 28.8 Å². The summed E-state index contributed by atoms with van der Waals surface area (Å²) in [7, 11) is 3.35. The first-order valence-electron chi connectivity index (χ1n) is 5.16. The smallest absolute Gasteiger partial charge is 0.146 e. The lowest BCUT2D eigenvalue weighted by Crippen LogP contribution is -2.18. The molecule has 0 saturated heterocycles. The van der Waals surface area contributed by atoms with Crippen LogP contribution < -0.4 is 10.1 Å². The van der Waals surface area contributed by atoms with Gasteiger partial charge in [-0.2, -0.15) is 0 Å². The van der Waals surface area contributed by atoms with Gasteiger partial charge in [-0.15, -0.1) is 0 Å². The van der Waals surface area contributed by atoms with Gasteiger partial charge < -0.3 is 10.1 Å². The van der Waals surface area contributed by atoms with Crippen LogP contribution in [-0.4, -0.2) is 26.5 Å². The highest BCUT2D eigenvalue weighted by Crippen LogP contribution is 2.25. The van der Waals surface area contributed by atoms with Gasteiger partial charge in [0.25, 0.3) is 0 Å². The summed E-state index contributed by atoms with van der Waals surface area (Å²) in [5.74, 6) is 0.862. The highest BCUT2D eigenvalue weighted by molar-refractivity contribution is 6.32. The molecule has 0 saturated carbocycles. The van der Waals surface area contributed by atoms with Crippen LogP contribution in [0.15, 0.2) is 18.2 Å². The molecule has 0 unspecified atom stereocenters. The van der Waals surface area contributed by atoms with E-state index in [-0.39, 0.29) is 5.78 Å². The Bertz CT molecular complexity index is 366. The third kappa shape index (κ3) is 3.83. The molecule has 0 atom stereocenters. The molecule has 0 amide bonds. The molecule has 1 aromatic carbocycles. The molecule has 1 rings (SSSR count). The van der Waals surface area contributed by atoms with Gasteiger partial charge in [0.15, 0.2) is 0 Å². The number of methoxy groups -OCH3 is 1. The first-order valence-corrected chi connectivity index (χ1v) is 5.54. The molecule has 0 spiro atoms. The summed E-state index contributed by atoms with van der Waals surface area (Å²) in [5, 5.41) is 3.42. The molecular weight excluding hydrogens is 226 g/mol. The number of rotatable bonds is 6. The number of hydrogen-bond acceptors (Lipinski definition) is 3. The van der Waals surface area contributed by atoms with E-state index in [1.165, 1.54) is 0 Å². The monoisotopic (exact) mass is 241 g/mol. The molecule has 3 nitrogen and oxygen atoms in total. The van der Waals surface area contributed by atoms with E-state index in [9.17, 15) is 4.79 Å². The van der Waals surface area contributed by atoms with Gasteiger partial charge in [0.05, 0.1) is 18.7 Å². The van der Waals surface area contributed by atoms with Gasteiger partial charge >= 0.3 is 0 Å². The van der Waals surface area contributed by atoms with E-state index < -0.39 is 0 Å². The average Bonchev–Trinajstić information content (AvgIpc) is 2.27. The predicted molar refractivity (Wildman–Crippen MR) is 65.3 cm³/mol. The number of aryl methyl sites for hydroxylation is 1. The van der Waals surface area contributed by atoms with Crippen LogP contribution in [0.3, 0.4) is 0 Å². The molecule has 1 N–H and O–H groups in total. The second kappa shape index (κ2) is 6.51. The van der Waals surface area contributed by atoms with E-state index in [1.807, 2.05) is 18.2 Å². The van der Waals surface area contributed by atoms with E-state index in [1.54, 1.807) is 14.2 Å². The maximum absolute atomic E-state index is 11.3. The molecule has 0 aromatic heterocycles. The molecule has 0 aliphatic heterocycles. The first-order chi connectivity index (χ1) is 7.67. The molecule has 0 bridgehead atoms. The minimum atomic E-state index is 0.203. The van der Waals surface area contributed by atoms with Crippen molar-refractivity contribution in [2.45, 2.75) is 12.8 Å². The summed E-state index contributed by atoms with van der Waals surface area (Å²) in [5.41, 5.74) is 1.05. The van der Waals surface area contributed by atoms with E-state index in [2.05, 4.69) is 5.32 Å². The molecule has 0 heterocycles. The van der Waals surface area contributed by atoms with Crippen molar-refractivity contribution in [1.82, 2.24) is 5.32 Å². The fraction of sp³-hybridized carbons (Fsp3) is 0.417. The zero-order valence-corrected chi connectivity index (χ0v) is 10.3. The number of Topliss-reactive ketones (excluding diaryl/α,β-unsaturated/α-hetero) is 1. The maximum atomic E-state index is 11.3. The number of halogens is 1. The first kappa shape index (κ1) is 13.0. The summed E-state index contributed by atoms with van der Waals surface area (Å²) in [6, 6.07) is 5.59. The quantitative estimate of drug-likeness (QED) is 0.829. The number of carbonyl (C=O) groups excluding carboxylic acids is 1.